The van der Waals surface area contributed by atoms with Crippen molar-refractivity contribution in [3.63, 3.8) is 0 Å². The van der Waals surface area contributed by atoms with Gasteiger partial charge in [0.1, 0.15) is 0 Å². The minimum absolute atomic E-state index is 0.0299. The Hall–Kier alpha value is -2.26. The first-order valence-electron chi connectivity index (χ1n) is 7.99. The molecule has 3 nitrogen and oxygen atoms in total. The van der Waals surface area contributed by atoms with Gasteiger partial charge in [-0.05, 0) is 29.3 Å². The van der Waals surface area contributed by atoms with Gasteiger partial charge in [0.2, 0.25) is 5.91 Å². The number of hydrogen-bond acceptors (Lipinski definition) is 1. The van der Waals surface area contributed by atoms with E-state index in [4.69, 9.17) is 11.6 Å². The van der Waals surface area contributed by atoms with Gasteiger partial charge in [-0.25, -0.2) is 0 Å². The maximum Gasteiger partial charge on any atom is 0.225 e. The second kappa shape index (κ2) is 6.33. The third-order valence-electron chi connectivity index (χ3n) is 4.07. The lowest BCUT2D eigenvalue weighted by molar-refractivity contribution is -0.128. The average Bonchev–Trinajstić information content (AvgIpc) is 2.96. The molecule has 1 amide bonds. The standard InChI is InChI=1S/C20H21ClN2O/c1-20(2,3)19(24)23-11-13-8-9-14(21)10-16(13)17-12-22-18-7-5-4-6-15(17)18/h4-10,12,22H,11H2,1-3H3,(H,23,24). The third kappa shape index (κ3) is 3.31. The van der Waals surface area contributed by atoms with Crippen LogP contribution >= 0.6 is 11.6 Å². The Kier molecular flexibility index (Phi) is 4.37. The fourth-order valence-corrected chi connectivity index (χ4v) is 2.86. The molecule has 0 aliphatic carbocycles. The molecule has 0 saturated heterocycles. The number of fused-ring (bicyclic) bond motifs is 1. The number of halogens is 1. The highest BCUT2D eigenvalue weighted by atomic mass is 35.5. The largest absolute Gasteiger partial charge is 0.361 e. The van der Waals surface area contributed by atoms with E-state index in [0.717, 1.165) is 27.6 Å². The molecule has 0 unspecified atom stereocenters. The van der Waals surface area contributed by atoms with Gasteiger partial charge in [0, 0.05) is 39.6 Å². The van der Waals surface area contributed by atoms with Crippen molar-refractivity contribution in [1.29, 1.82) is 0 Å². The zero-order valence-corrected chi connectivity index (χ0v) is 14.9. The molecule has 2 N–H and O–H groups in total. The van der Waals surface area contributed by atoms with Crippen LogP contribution in [0.15, 0.2) is 48.7 Å². The van der Waals surface area contributed by atoms with Gasteiger partial charge in [0.05, 0.1) is 0 Å². The number of para-hydroxylation sites is 1. The minimum atomic E-state index is -0.409. The van der Waals surface area contributed by atoms with Crippen LogP contribution in [0.5, 0.6) is 0 Å². The molecular weight excluding hydrogens is 320 g/mol. The summed E-state index contributed by atoms with van der Waals surface area (Å²) in [5.41, 5.74) is 3.84. The summed E-state index contributed by atoms with van der Waals surface area (Å²) < 4.78 is 0. The lowest BCUT2D eigenvalue weighted by Crippen LogP contribution is -2.34. The molecular formula is C20H21ClN2O. The van der Waals surface area contributed by atoms with E-state index in [1.807, 2.05) is 63.4 Å². The molecule has 4 heteroatoms. The molecule has 0 aliphatic heterocycles. The normalized spacial score (nSPS) is 11.7. The van der Waals surface area contributed by atoms with Crippen LogP contribution in [0, 0.1) is 5.41 Å². The number of benzene rings is 2. The smallest absolute Gasteiger partial charge is 0.225 e. The van der Waals surface area contributed by atoms with Gasteiger partial charge in [-0.15, -0.1) is 0 Å². The Morgan fingerprint density at radius 3 is 2.62 bits per heavy atom. The van der Waals surface area contributed by atoms with Gasteiger partial charge < -0.3 is 10.3 Å². The molecule has 3 aromatic rings. The van der Waals surface area contributed by atoms with Crippen molar-refractivity contribution in [2.45, 2.75) is 27.3 Å². The summed E-state index contributed by atoms with van der Waals surface area (Å²) in [6.07, 6.45) is 1.99. The predicted octanol–water partition coefficient (Wildman–Crippen LogP) is 5.15. The van der Waals surface area contributed by atoms with Crippen LogP contribution in [-0.4, -0.2) is 10.9 Å². The molecule has 0 spiro atoms. The SMILES string of the molecule is CC(C)(C)C(=O)NCc1ccc(Cl)cc1-c1c[nH]c2ccccc12. The molecule has 0 saturated carbocycles. The van der Waals surface area contributed by atoms with Gasteiger partial charge in [0.25, 0.3) is 0 Å². The fourth-order valence-electron chi connectivity index (χ4n) is 2.69. The average molecular weight is 341 g/mol. The Morgan fingerprint density at radius 2 is 1.88 bits per heavy atom. The summed E-state index contributed by atoms with van der Waals surface area (Å²) >= 11 is 6.22. The fraction of sp³-hybridized carbons (Fsp3) is 0.250. The summed E-state index contributed by atoms with van der Waals surface area (Å²) in [6.45, 7) is 6.20. The molecule has 0 radical (unpaired) electrons. The zero-order valence-electron chi connectivity index (χ0n) is 14.1. The van der Waals surface area contributed by atoms with Crippen molar-refractivity contribution in [3.05, 3.63) is 59.2 Å². The van der Waals surface area contributed by atoms with Crippen molar-refractivity contribution < 1.29 is 4.79 Å². The monoisotopic (exact) mass is 340 g/mol. The van der Waals surface area contributed by atoms with Crippen molar-refractivity contribution >= 4 is 28.4 Å². The third-order valence-corrected chi connectivity index (χ3v) is 4.31. The molecule has 24 heavy (non-hydrogen) atoms. The summed E-state index contributed by atoms with van der Waals surface area (Å²) in [7, 11) is 0. The second-order valence-corrected chi connectivity index (χ2v) is 7.42. The Bertz CT molecular complexity index is 890. The van der Waals surface area contributed by atoms with Crippen LogP contribution in [0.25, 0.3) is 22.0 Å². The first kappa shape index (κ1) is 16.6. The number of amides is 1. The number of aromatic amines is 1. The van der Waals surface area contributed by atoms with E-state index in [1.54, 1.807) is 0 Å². The second-order valence-electron chi connectivity index (χ2n) is 6.98. The molecule has 3 rings (SSSR count). The van der Waals surface area contributed by atoms with E-state index in [9.17, 15) is 4.79 Å². The number of hydrogen-bond donors (Lipinski definition) is 2. The number of rotatable bonds is 3. The van der Waals surface area contributed by atoms with Crippen LogP contribution in [-0.2, 0) is 11.3 Å². The lowest BCUT2D eigenvalue weighted by Gasteiger charge is -2.18. The van der Waals surface area contributed by atoms with Crippen LogP contribution < -0.4 is 5.32 Å². The van der Waals surface area contributed by atoms with Crippen LogP contribution in [0.1, 0.15) is 26.3 Å². The molecule has 2 aromatic carbocycles. The van der Waals surface area contributed by atoms with Crippen molar-refractivity contribution in [2.75, 3.05) is 0 Å². The Balaban J connectivity index is 1.99. The van der Waals surface area contributed by atoms with E-state index < -0.39 is 5.41 Å². The molecule has 0 atom stereocenters. The van der Waals surface area contributed by atoms with Crippen LogP contribution in [0.2, 0.25) is 5.02 Å². The summed E-state index contributed by atoms with van der Waals surface area (Å²) in [5.74, 6) is 0.0299. The van der Waals surface area contributed by atoms with Gasteiger partial charge in [-0.2, -0.15) is 0 Å². The Labute approximate surface area is 147 Å². The molecule has 1 aromatic heterocycles. The number of nitrogens with one attached hydrogen (secondary N) is 2. The van der Waals surface area contributed by atoms with Gasteiger partial charge in [-0.1, -0.05) is 56.6 Å². The van der Waals surface area contributed by atoms with E-state index in [2.05, 4.69) is 16.4 Å². The zero-order chi connectivity index (χ0) is 17.3. The maximum atomic E-state index is 12.2. The van der Waals surface area contributed by atoms with Crippen LogP contribution in [0.3, 0.4) is 0 Å². The van der Waals surface area contributed by atoms with Crippen molar-refractivity contribution in [3.8, 4) is 11.1 Å². The highest BCUT2D eigenvalue weighted by Gasteiger charge is 2.21. The van der Waals surface area contributed by atoms with Gasteiger partial charge in [0.15, 0.2) is 0 Å². The van der Waals surface area contributed by atoms with E-state index in [-0.39, 0.29) is 5.91 Å². The number of H-pyrrole nitrogens is 1. The number of carbonyl (C=O) groups excluding carboxylic acids is 1. The molecule has 0 aliphatic rings. The summed E-state index contributed by atoms with van der Waals surface area (Å²) in [6, 6.07) is 13.9. The Morgan fingerprint density at radius 1 is 1.12 bits per heavy atom. The van der Waals surface area contributed by atoms with E-state index >= 15 is 0 Å². The van der Waals surface area contributed by atoms with Gasteiger partial charge >= 0.3 is 0 Å². The first-order chi connectivity index (χ1) is 11.4. The predicted molar refractivity (Wildman–Crippen MR) is 100 cm³/mol. The van der Waals surface area contributed by atoms with Crippen molar-refractivity contribution in [1.82, 2.24) is 10.3 Å². The number of carbonyl (C=O) groups is 1. The maximum absolute atomic E-state index is 12.2. The van der Waals surface area contributed by atoms with E-state index in [0.29, 0.717) is 11.6 Å². The first-order valence-corrected chi connectivity index (χ1v) is 8.37. The number of aromatic nitrogens is 1. The highest BCUT2D eigenvalue weighted by Crippen LogP contribution is 2.33. The lowest BCUT2D eigenvalue weighted by atomic mass is 9.95. The van der Waals surface area contributed by atoms with Crippen molar-refractivity contribution in [2.24, 2.45) is 5.41 Å². The topological polar surface area (TPSA) is 44.9 Å². The van der Waals surface area contributed by atoms with Crippen LogP contribution in [0.4, 0.5) is 0 Å². The summed E-state index contributed by atoms with van der Waals surface area (Å²) in [4.78, 5) is 15.5. The minimum Gasteiger partial charge on any atom is -0.361 e. The molecule has 124 valence electrons. The molecule has 1 heterocycles. The molecule has 0 bridgehead atoms. The quantitative estimate of drug-likeness (QED) is 0.680. The highest BCUT2D eigenvalue weighted by molar-refractivity contribution is 6.31. The molecule has 0 fully saturated rings. The van der Waals surface area contributed by atoms with E-state index in [1.165, 1.54) is 0 Å². The summed E-state index contributed by atoms with van der Waals surface area (Å²) in [5, 5.41) is 4.84. The van der Waals surface area contributed by atoms with Gasteiger partial charge in [-0.3, -0.25) is 4.79 Å².